The van der Waals surface area contributed by atoms with Crippen LogP contribution in [-0.2, 0) is 0 Å². The predicted molar refractivity (Wildman–Crippen MR) is 69.9 cm³/mol. The summed E-state index contributed by atoms with van der Waals surface area (Å²) in [6, 6.07) is 4.83. The van der Waals surface area contributed by atoms with Gasteiger partial charge in [0.25, 0.3) is 0 Å². The van der Waals surface area contributed by atoms with Gasteiger partial charge < -0.3 is 10.4 Å². The molecule has 0 fully saturated rings. The lowest BCUT2D eigenvalue weighted by molar-refractivity contribution is 0.0698. The van der Waals surface area contributed by atoms with Crippen molar-refractivity contribution in [2.75, 3.05) is 18.1 Å². The van der Waals surface area contributed by atoms with Crippen LogP contribution in [-0.4, -0.2) is 29.1 Å². The van der Waals surface area contributed by atoms with E-state index in [0.717, 1.165) is 6.54 Å². The van der Waals surface area contributed by atoms with Crippen LogP contribution in [0.3, 0.4) is 0 Å². The largest absolute Gasteiger partial charge is 0.478 e. The summed E-state index contributed by atoms with van der Waals surface area (Å²) < 4.78 is 0. The maximum absolute atomic E-state index is 11.0. The lowest BCUT2D eigenvalue weighted by atomic mass is 10.2. The van der Waals surface area contributed by atoms with Gasteiger partial charge >= 0.3 is 5.97 Å². The van der Waals surface area contributed by atoms with Gasteiger partial charge in [-0.15, -0.1) is 0 Å². The zero-order chi connectivity index (χ0) is 12.1. The fourth-order valence-electron chi connectivity index (χ4n) is 1.18. The molecule has 0 radical (unpaired) electrons. The number of rotatable bonds is 5. The first-order chi connectivity index (χ1) is 7.54. The molecular weight excluding hydrogens is 246 g/mol. The molecule has 0 aliphatic carbocycles. The molecule has 0 amide bonds. The minimum absolute atomic E-state index is 0.209. The standard InChI is InChI=1S/C11H14ClNO2S/c1-7(16-2)6-13-10-4-3-8(12)5-9(10)11(14)15/h3-5,7,13H,6H2,1-2H3,(H,14,15). The Balaban J connectivity index is 2.82. The van der Waals surface area contributed by atoms with Crippen molar-refractivity contribution < 1.29 is 9.90 Å². The highest BCUT2D eigenvalue weighted by molar-refractivity contribution is 7.99. The highest BCUT2D eigenvalue weighted by Gasteiger charge is 2.11. The smallest absolute Gasteiger partial charge is 0.337 e. The van der Waals surface area contributed by atoms with E-state index in [0.29, 0.717) is 16.0 Å². The van der Waals surface area contributed by atoms with Crippen LogP contribution in [0.4, 0.5) is 5.69 Å². The van der Waals surface area contributed by atoms with E-state index in [9.17, 15) is 4.79 Å². The molecule has 0 saturated heterocycles. The Kier molecular flexibility index (Phi) is 4.96. The van der Waals surface area contributed by atoms with Crippen molar-refractivity contribution in [3.8, 4) is 0 Å². The minimum atomic E-state index is -0.971. The van der Waals surface area contributed by atoms with Crippen molar-refractivity contribution in [2.24, 2.45) is 0 Å². The second-order valence-electron chi connectivity index (χ2n) is 3.42. The number of carboxylic acid groups (broad SMARTS) is 1. The van der Waals surface area contributed by atoms with Gasteiger partial charge in [-0.05, 0) is 24.5 Å². The molecule has 1 unspecified atom stereocenters. The third kappa shape index (κ3) is 3.61. The van der Waals surface area contributed by atoms with E-state index in [1.165, 1.54) is 6.07 Å². The summed E-state index contributed by atoms with van der Waals surface area (Å²) >= 11 is 7.48. The summed E-state index contributed by atoms with van der Waals surface area (Å²) in [6.45, 7) is 2.80. The van der Waals surface area contributed by atoms with Crippen molar-refractivity contribution in [1.82, 2.24) is 0 Å². The molecule has 1 aromatic carbocycles. The Morgan fingerprint density at radius 3 is 2.88 bits per heavy atom. The molecule has 2 N–H and O–H groups in total. The maximum atomic E-state index is 11.0. The molecule has 1 rings (SSSR count). The molecule has 16 heavy (non-hydrogen) atoms. The van der Waals surface area contributed by atoms with Crippen LogP contribution in [0.5, 0.6) is 0 Å². The summed E-state index contributed by atoms with van der Waals surface area (Å²) in [7, 11) is 0. The van der Waals surface area contributed by atoms with Crippen molar-refractivity contribution in [3.63, 3.8) is 0 Å². The van der Waals surface area contributed by atoms with Crippen LogP contribution in [0.15, 0.2) is 18.2 Å². The van der Waals surface area contributed by atoms with Crippen molar-refractivity contribution in [3.05, 3.63) is 28.8 Å². The van der Waals surface area contributed by atoms with Gasteiger partial charge in [0.1, 0.15) is 0 Å². The lowest BCUT2D eigenvalue weighted by Crippen LogP contribution is -2.15. The van der Waals surface area contributed by atoms with Gasteiger partial charge in [0.15, 0.2) is 0 Å². The van der Waals surface area contributed by atoms with Gasteiger partial charge in [-0.2, -0.15) is 11.8 Å². The van der Waals surface area contributed by atoms with Gasteiger partial charge in [0.2, 0.25) is 0 Å². The Hall–Kier alpha value is -0.870. The van der Waals surface area contributed by atoms with E-state index in [4.69, 9.17) is 16.7 Å². The average molecular weight is 260 g/mol. The van der Waals surface area contributed by atoms with Crippen LogP contribution in [0.1, 0.15) is 17.3 Å². The molecule has 1 atom stereocenters. The van der Waals surface area contributed by atoms with E-state index in [1.807, 2.05) is 6.26 Å². The first-order valence-electron chi connectivity index (χ1n) is 4.84. The zero-order valence-electron chi connectivity index (χ0n) is 9.16. The molecule has 3 nitrogen and oxygen atoms in total. The van der Waals surface area contributed by atoms with E-state index in [2.05, 4.69) is 12.2 Å². The van der Waals surface area contributed by atoms with Gasteiger partial charge in [-0.3, -0.25) is 0 Å². The molecule has 5 heteroatoms. The third-order valence-electron chi connectivity index (χ3n) is 2.19. The van der Waals surface area contributed by atoms with Crippen molar-refractivity contribution in [1.29, 1.82) is 0 Å². The van der Waals surface area contributed by atoms with Crippen LogP contribution >= 0.6 is 23.4 Å². The fraction of sp³-hybridized carbons (Fsp3) is 0.364. The number of carbonyl (C=O) groups is 1. The van der Waals surface area contributed by atoms with E-state index in [1.54, 1.807) is 23.9 Å². The minimum Gasteiger partial charge on any atom is -0.478 e. The average Bonchev–Trinajstić information content (AvgIpc) is 2.26. The van der Waals surface area contributed by atoms with Gasteiger partial charge in [-0.1, -0.05) is 18.5 Å². The Labute approximate surface area is 104 Å². The normalized spacial score (nSPS) is 12.2. The summed E-state index contributed by atoms with van der Waals surface area (Å²) in [4.78, 5) is 11.0. The van der Waals surface area contributed by atoms with Gasteiger partial charge in [-0.25, -0.2) is 4.79 Å². The number of hydrogen-bond donors (Lipinski definition) is 2. The van der Waals surface area contributed by atoms with Crippen LogP contribution in [0.25, 0.3) is 0 Å². The number of halogens is 1. The van der Waals surface area contributed by atoms with E-state index in [-0.39, 0.29) is 5.56 Å². The van der Waals surface area contributed by atoms with Crippen molar-refractivity contribution >= 4 is 35.0 Å². The quantitative estimate of drug-likeness (QED) is 0.853. The van der Waals surface area contributed by atoms with Crippen molar-refractivity contribution in [2.45, 2.75) is 12.2 Å². The highest BCUT2D eigenvalue weighted by atomic mass is 35.5. The molecular formula is C11H14ClNO2S. The molecule has 0 aromatic heterocycles. The Morgan fingerprint density at radius 1 is 1.62 bits per heavy atom. The van der Waals surface area contributed by atoms with E-state index >= 15 is 0 Å². The first-order valence-corrected chi connectivity index (χ1v) is 6.50. The molecule has 0 saturated carbocycles. The first kappa shape index (κ1) is 13.2. The molecule has 0 heterocycles. The predicted octanol–water partition coefficient (Wildman–Crippen LogP) is 3.20. The molecule has 88 valence electrons. The Bertz CT molecular complexity index is 384. The van der Waals surface area contributed by atoms with Crippen LogP contribution < -0.4 is 5.32 Å². The fourth-order valence-corrected chi connectivity index (χ4v) is 1.61. The number of carboxylic acids is 1. The highest BCUT2D eigenvalue weighted by Crippen LogP contribution is 2.21. The summed E-state index contributed by atoms with van der Waals surface area (Å²) in [5.41, 5.74) is 0.818. The van der Waals surface area contributed by atoms with Gasteiger partial charge in [0.05, 0.1) is 5.56 Å². The number of hydrogen-bond acceptors (Lipinski definition) is 3. The third-order valence-corrected chi connectivity index (χ3v) is 3.40. The molecule has 0 spiro atoms. The molecule has 0 aliphatic rings. The lowest BCUT2D eigenvalue weighted by Gasteiger charge is -2.13. The van der Waals surface area contributed by atoms with E-state index < -0.39 is 5.97 Å². The van der Waals surface area contributed by atoms with Crippen LogP contribution in [0, 0.1) is 0 Å². The number of anilines is 1. The number of thioether (sulfide) groups is 1. The number of benzene rings is 1. The van der Waals surface area contributed by atoms with Gasteiger partial charge in [0, 0.05) is 22.5 Å². The summed E-state index contributed by atoms with van der Waals surface area (Å²) in [5.74, 6) is -0.971. The maximum Gasteiger partial charge on any atom is 0.337 e. The zero-order valence-corrected chi connectivity index (χ0v) is 10.7. The topological polar surface area (TPSA) is 49.3 Å². The molecule has 0 aliphatic heterocycles. The Morgan fingerprint density at radius 2 is 2.31 bits per heavy atom. The monoisotopic (exact) mass is 259 g/mol. The number of nitrogens with one attached hydrogen (secondary N) is 1. The van der Waals surface area contributed by atoms with Crippen LogP contribution in [0.2, 0.25) is 5.02 Å². The molecule has 0 bridgehead atoms. The SMILES string of the molecule is CSC(C)CNc1ccc(Cl)cc1C(=O)O. The second kappa shape index (κ2) is 6.01. The molecule has 1 aromatic rings. The summed E-state index contributed by atoms with van der Waals surface area (Å²) in [6.07, 6.45) is 2.02. The number of aromatic carboxylic acids is 1. The second-order valence-corrected chi connectivity index (χ2v) is 5.13. The summed E-state index contributed by atoms with van der Waals surface area (Å²) in [5, 5.41) is 13.0.